The first-order chi connectivity index (χ1) is 8.11. The Morgan fingerprint density at radius 2 is 2.24 bits per heavy atom. The van der Waals surface area contributed by atoms with E-state index in [2.05, 4.69) is 10.2 Å². The van der Waals surface area contributed by atoms with Crippen molar-refractivity contribution in [1.82, 2.24) is 10.2 Å². The molecule has 17 heavy (non-hydrogen) atoms. The van der Waals surface area contributed by atoms with Gasteiger partial charge in [0.05, 0.1) is 12.0 Å². The molecule has 0 saturated heterocycles. The van der Waals surface area contributed by atoms with Crippen LogP contribution >= 0.6 is 11.3 Å². The third-order valence-electron chi connectivity index (χ3n) is 2.06. The van der Waals surface area contributed by atoms with Gasteiger partial charge in [0.1, 0.15) is 5.01 Å². The number of hydrogen-bond acceptors (Lipinski definition) is 7. The lowest BCUT2D eigenvalue weighted by atomic mass is 10.2. The third-order valence-corrected chi connectivity index (χ3v) is 2.86. The number of nitro benzene ring substituents is 1. The first kappa shape index (κ1) is 11.3. The van der Waals surface area contributed by atoms with Crippen LogP contribution < -0.4 is 10.5 Å². The monoisotopic (exact) mass is 252 g/mol. The summed E-state index contributed by atoms with van der Waals surface area (Å²) in [5.41, 5.74) is 5.93. The Kier molecular flexibility index (Phi) is 2.88. The number of aromatic nitrogens is 2. The summed E-state index contributed by atoms with van der Waals surface area (Å²) in [6.45, 7) is 0. The van der Waals surface area contributed by atoms with Crippen molar-refractivity contribution < 1.29 is 9.66 Å². The second-order valence-electron chi connectivity index (χ2n) is 3.09. The fourth-order valence-corrected chi connectivity index (χ4v) is 1.92. The van der Waals surface area contributed by atoms with E-state index in [0.717, 1.165) is 0 Å². The van der Waals surface area contributed by atoms with Crippen LogP contribution in [0.15, 0.2) is 18.2 Å². The summed E-state index contributed by atoms with van der Waals surface area (Å²) in [6.07, 6.45) is 0. The number of rotatable bonds is 3. The van der Waals surface area contributed by atoms with Gasteiger partial charge in [0, 0.05) is 11.6 Å². The van der Waals surface area contributed by atoms with Crippen LogP contribution in [0.25, 0.3) is 10.6 Å². The molecule has 0 spiro atoms. The Bertz CT molecular complexity index is 569. The number of anilines is 1. The van der Waals surface area contributed by atoms with E-state index in [9.17, 15) is 10.1 Å². The van der Waals surface area contributed by atoms with Crippen LogP contribution in [-0.4, -0.2) is 22.2 Å². The van der Waals surface area contributed by atoms with Crippen LogP contribution in [0.4, 0.5) is 10.8 Å². The first-order valence-electron chi connectivity index (χ1n) is 4.53. The van der Waals surface area contributed by atoms with Crippen LogP contribution in [0.2, 0.25) is 0 Å². The molecule has 1 heterocycles. The van der Waals surface area contributed by atoms with Crippen LogP contribution in [0.1, 0.15) is 0 Å². The van der Waals surface area contributed by atoms with Crippen molar-refractivity contribution in [3.05, 3.63) is 28.3 Å². The number of nitrogen functional groups attached to an aromatic ring is 1. The topological polar surface area (TPSA) is 104 Å². The normalized spacial score (nSPS) is 10.2. The Balaban J connectivity index is 2.50. The van der Waals surface area contributed by atoms with Crippen molar-refractivity contribution in [3.63, 3.8) is 0 Å². The molecule has 1 aromatic carbocycles. The van der Waals surface area contributed by atoms with E-state index in [1.807, 2.05) is 0 Å². The number of nitrogens with zero attached hydrogens (tertiary/aromatic N) is 3. The first-order valence-corrected chi connectivity index (χ1v) is 5.35. The molecule has 0 fully saturated rings. The van der Waals surface area contributed by atoms with Crippen molar-refractivity contribution in [2.24, 2.45) is 0 Å². The zero-order valence-corrected chi connectivity index (χ0v) is 9.60. The number of benzene rings is 1. The van der Waals surface area contributed by atoms with Gasteiger partial charge in [0.15, 0.2) is 5.75 Å². The maximum absolute atomic E-state index is 10.8. The molecule has 88 valence electrons. The molecule has 0 amide bonds. The molecular formula is C9H8N4O3S. The zero-order chi connectivity index (χ0) is 12.4. The predicted molar refractivity (Wildman–Crippen MR) is 63.0 cm³/mol. The average Bonchev–Trinajstić information content (AvgIpc) is 2.75. The van der Waals surface area contributed by atoms with Gasteiger partial charge in [0.25, 0.3) is 0 Å². The number of nitrogens with two attached hydrogens (primary N) is 1. The van der Waals surface area contributed by atoms with E-state index in [4.69, 9.17) is 10.5 Å². The van der Waals surface area contributed by atoms with Crippen LogP contribution in [-0.2, 0) is 0 Å². The van der Waals surface area contributed by atoms with Gasteiger partial charge in [-0.05, 0) is 12.1 Å². The second kappa shape index (κ2) is 4.34. The van der Waals surface area contributed by atoms with Crippen molar-refractivity contribution in [3.8, 4) is 16.3 Å². The van der Waals surface area contributed by atoms with Gasteiger partial charge in [0.2, 0.25) is 5.13 Å². The fourth-order valence-electron chi connectivity index (χ4n) is 1.32. The van der Waals surface area contributed by atoms with Crippen molar-refractivity contribution in [2.45, 2.75) is 0 Å². The Labute approximate surface area is 100 Å². The highest BCUT2D eigenvalue weighted by Gasteiger charge is 2.17. The molecule has 2 rings (SSSR count). The van der Waals surface area contributed by atoms with Gasteiger partial charge in [-0.2, -0.15) is 0 Å². The molecule has 0 atom stereocenters. The summed E-state index contributed by atoms with van der Waals surface area (Å²) in [5, 5.41) is 19.2. The van der Waals surface area contributed by atoms with Gasteiger partial charge in [-0.15, -0.1) is 10.2 Å². The minimum atomic E-state index is -0.507. The van der Waals surface area contributed by atoms with Crippen molar-refractivity contribution in [1.29, 1.82) is 0 Å². The molecule has 0 radical (unpaired) electrons. The number of methoxy groups -OCH3 is 1. The maximum atomic E-state index is 10.8. The molecule has 0 aliphatic rings. The second-order valence-corrected chi connectivity index (χ2v) is 4.10. The van der Waals surface area contributed by atoms with E-state index in [-0.39, 0.29) is 11.4 Å². The molecule has 8 heteroatoms. The molecule has 0 aliphatic carbocycles. The Hall–Kier alpha value is -2.22. The molecule has 2 N–H and O–H groups in total. The largest absolute Gasteiger partial charge is 0.490 e. The summed E-state index contributed by atoms with van der Waals surface area (Å²) in [5.74, 6) is 0.205. The van der Waals surface area contributed by atoms with Crippen molar-refractivity contribution >= 4 is 22.2 Å². The molecule has 0 aliphatic heterocycles. The van der Waals surface area contributed by atoms with Crippen LogP contribution in [0, 0.1) is 10.1 Å². The van der Waals surface area contributed by atoms with Gasteiger partial charge in [-0.1, -0.05) is 11.3 Å². The van der Waals surface area contributed by atoms with Gasteiger partial charge in [-0.3, -0.25) is 10.1 Å². The highest BCUT2D eigenvalue weighted by atomic mass is 32.1. The predicted octanol–water partition coefficient (Wildman–Crippen LogP) is 1.70. The van der Waals surface area contributed by atoms with Crippen molar-refractivity contribution in [2.75, 3.05) is 12.8 Å². The molecule has 0 unspecified atom stereocenters. The van der Waals surface area contributed by atoms with Crippen LogP contribution in [0.3, 0.4) is 0 Å². The number of ether oxygens (including phenoxy) is 1. The summed E-state index contributed by atoms with van der Waals surface area (Å²) in [7, 11) is 1.38. The number of hydrogen-bond donors (Lipinski definition) is 1. The highest BCUT2D eigenvalue weighted by Crippen LogP contribution is 2.33. The maximum Gasteiger partial charge on any atom is 0.311 e. The lowest BCUT2D eigenvalue weighted by molar-refractivity contribution is -0.385. The average molecular weight is 252 g/mol. The third kappa shape index (κ3) is 2.16. The lowest BCUT2D eigenvalue weighted by Crippen LogP contribution is -1.94. The SMILES string of the molecule is COc1ccc(-c2nnc(N)s2)cc1[N+](=O)[O-]. The van der Waals surface area contributed by atoms with E-state index >= 15 is 0 Å². The molecule has 1 aromatic heterocycles. The minimum Gasteiger partial charge on any atom is -0.490 e. The molecule has 7 nitrogen and oxygen atoms in total. The highest BCUT2D eigenvalue weighted by molar-refractivity contribution is 7.18. The molecule has 0 bridgehead atoms. The summed E-state index contributed by atoms with van der Waals surface area (Å²) in [6, 6.07) is 4.58. The van der Waals surface area contributed by atoms with E-state index in [0.29, 0.717) is 15.7 Å². The molecule has 2 aromatic rings. The quantitative estimate of drug-likeness (QED) is 0.658. The van der Waals surface area contributed by atoms with Gasteiger partial charge >= 0.3 is 5.69 Å². The smallest absolute Gasteiger partial charge is 0.311 e. The molecular weight excluding hydrogens is 244 g/mol. The molecule has 0 saturated carbocycles. The van der Waals surface area contributed by atoms with Gasteiger partial charge in [-0.25, -0.2) is 0 Å². The Morgan fingerprint density at radius 1 is 1.47 bits per heavy atom. The fraction of sp³-hybridized carbons (Fsp3) is 0.111. The van der Waals surface area contributed by atoms with E-state index < -0.39 is 4.92 Å². The summed E-state index contributed by atoms with van der Waals surface area (Å²) in [4.78, 5) is 10.3. The number of nitro groups is 1. The summed E-state index contributed by atoms with van der Waals surface area (Å²) < 4.78 is 4.90. The summed E-state index contributed by atoms with van der Waals surface area (Å²) >= 11 is 1.17. The van der Waals surface area contributed by atoms with E-state index in [1.54, 1.807) is 6.07 Å². The lowest BCUT2D eigenvalue weighted by Gasteiger charge is -2.02. The zero-order valence-electron chi connectivity index (χ0n) is 8.78. The van der Waals surface area contributed by atoms with Crippen LogP contribution in [0.5, 0.6) is 5.75 Å². The standard InChI is InChI=1S/C9H8N4O3S/c1-16-7-3-2-5(4-6(7)13(14)15)8-11-12-9(10)17-8/h2-4H,1H3,(H2,10,12). The minimum absolute atomic E-state index is 0.112. The Morgan fingerprint density at radius 3 is 2.76 bits per heavy atom. The van der Waals surface area contributed by atoms with Gasteiger partial charge < -0.3 is 10.5 Å². The van der Waals surface area contributed by atoms with E-state index in [1.165, 1.54) is 30.6 Å².